The number of alkyl halides is 1. The molecule has 0 unspecified atom stereocenters. The SMILES string of the molecule is O=C(O)CCCCNC(=O)c1cccc(CCl)c1. The maximum absolute atomic E-state index is 11.7. The molecule has 1 aromatic carbocycles. The number of nitrogens with one attached hydrogen (secondary N) is 1. The zero-order chi connectivity index (χ0) is 13.4. The van der Waals surface area contributed by atoms with Crippen LogP contribution in [0.2, 0.25) is 0 Å². The average Bonchev–Trinajstić information content (AvgIpc) is 2.37. The van der Waals surface area contributed by atoms with Crippen molar-refractivity contribution in [1.82, 2.24) is 5.32 Å². The number of hydrogen-bond acceptors (Lipinski definition) is 2. The van der Waals surface area contributed by atoms with Gasteiger partial charge in [-0.1, -0.05) is 12.1 Å². The number of amides is 1. The molecule has 0 bridgehead atoms. The predicted molar refractivity (Wildman–Crippen MR) is 69.8 cm³/mol. The number of carbonyl (C=O) groups is 2. The zero-order valence-corrected chi connectivity index (χ0v) is 10.7. The summed E-state index contributed by atoms with van der Waals surface area (Å²) in [5.74, 6) is -0.590. The van der Waals surface area contributed by atoms with Crippen LogP contribution in [0.1, 0.15) is 35.2 Å². The molecule has 18 heavy (non-hydrogen) atoms. The van der Waals surface area contributed by atoms with Crippen LogP contribution in [0.5, 0.6) is 0 Å². The van der Waals surface area contributed by atoms with Gasteiger partial charge in [-0.25, -0.2) is 0 Å². The lowest BCUT2D eigenvalue weighted by Crippen LogP contribution is -2.24. The molecule has 98 valence electrons. The van der Waals surface area contributed by atoms with E-state index in [9.17, 15) is 9.59 Å². The number of carboxylic acids is 1. The molecule has 5 heteroatoms. The average molecular weight is 270 g/mol. The zero-order valence-electron chi connectivity index (χ0n) is 9.99. The Morgan fingerprint density at radius 1 is 1.28 bits per heavy atom. The second kappa shape index (κ2) is 7.71. The van der Waals surface area contributed by atoms with Gasteiger partial charge in [-0.3, -0.25) is 9.59 Å². The van der Waals surface area contributed by atoms with Crippen molar-refractivity contribution in [3.05, 3.63) is 35.4 Å². The second-order valence-corrected chi connectivity index (χ2v) is 4.21. The summed E-state index contributed by atoms with van der Waals surface area (Å²) in [5.41, 5.74) is 1.47. The summed E-state index contributed by atoms with van der Waals surface area (Å²) in [6.45, 7) is 0.483. The Morgan fingerprint density at radius 3 is 2.72 bits per heavy atom. The second-order valence-electron chi connectivity index (χ2n) is 3.94. The minimum atomic E-state index is -0.809. The molecular weight excluding hydrogens is 254 g/mol. The Kier molecular flexibility index (Phi) is 6.22. The molecule has 0 heterocycles. The van der Waals surface area contributed by atoms with Crippen LogP contribution in [0, 0.1) is 0 Å². The normalized spacial score (nSPS) is 10.1. The number of carboxylic acid groups (broad SMARTS) is 1. The van der Waals surface area contributed by atoms with E-state index in [1.807, 2.05) is 6.07 Å². The maximum Gasteiger partial charge on any atom is 0.303 e. The van der Waals surface area contributed by atoms with E-state index < -0.39 is 5.97 Å². The first-order chi connectivity index (χ1) is 8.63. The Bertz CT molecular complexity index is 420. The molecule has 0 saturated heterocycles. The molecule has 0 saturated carbocycles. The van der Waals surface area contributed by atoms with Crippen LogP contribution < -0.4 is 5.32 Å². The molecule has 1 aromatic rings. The van der Waals surface area contributed by atoms with E-state index in [0.29, 0.717) is 30.8 Å². The van der Waals surface area contributed by atoms with Crippen LogP contribution >= 0.6 is 11.6 Å². The van der Waals surface area contributed by atoms with Crippen molar-refractivity contribution in [3.8, 4) is 0 Å². The third-order valence-corrected chi connectivity index (χ3v) is 2.76. The van der Waals surface area contributed by atoms with Gasteiger partial charge in [0.15, 0.2) is 0 Å². The lowest BCUT2D eigenvalue weighted by Gasteiger charge is -2.05. The summed E-state index contributed by atoms with van der Waals surface area (Å²) >= 11 is 5.69. The minimum absolute atomic E-state index is 0.137. The smallest absolute Gasteiger partial charge is 0.303 e. The van der Waals surface area contributed by atoms with Crippen LogP contribution in [0.4, 0.5) is 0 Å². The summed E-state index contributed by atoms with van der Waals surface area (Å²) in [4.78, 5) is 22.0. The van der Waals surface area contributed by atoms with E-state index in [1.165, 1.54) is 0 Å². The fourth-order valence-corrected chi connectivity index (χ4v) is 1.67. The van der Waals surface area contributed by atoms with Crippen molar-refractivity contribution in [2.45, 2.75) is 25.1 Å². The van der Waals surface area contributed by atoms with Crippen molar-refractivity contribution >= 4 is 23.5 Å². The van der Waals surface area contributed by atoms with Crippen molar-refractivity contribution in [2.75, 3.05) is 6.54 Å². The molecule has 0 radical (unpaired) electrons. The number of benzene rings is 1. The number of aliphatic carboxylic acids is 1. The minimum Gasteiger partial charge on any atom is -0.481 e. The van der Waals surface area contributed by atoms with Gasteiger partial charge in [-0.15, -0.1) is 11.6 Å². The first-order valence-corrected chi connectivity index (χ1v) is 6.32. The van der Waals surface area contributed by atoms with Gasteiger partial charge in [0.1, 0.15) is 0 Å². The van der Waals surface area contributed by atoms with E-state index in [-0.39, 0.29) is 12.3 Å². The number of hydrogen-bond donors (Lipinski definition) is 2. The molecule has 0 atom stereocenters. The molecule has 4 nitrogen and oxygen atoms in total. The molecule has 0 aliphatic heterocycles. The summed E-state index contributed by atoms with van der Waals surface area (Å²) in [6, 6.07) is 7.12. The van der Waals surface area contributed by atoms with Crippen molar-refractivity contribution in [1.29, 1.82) is 0 Å². The molecular formula is C13H16ClNO3. The molecule has 0 aliphatic rings. The summed E-state index contributed by atoms with van der Waals surface area (Å²) in [6.07, 6.45) is 1.36. The van der Waals surface area contributed by atoms with Gasteiger partial charge in [-0.05, 0) is 30.5 Å². The van der Waals surface area contributed by atoms with Gasteiger partial charge in [-0.2, -0.15) is 0 Å². The van der Waals surface area contributed by atoms with E-state index in [4.69, 9.17) is 16.7 Å². The van der Waals surface area contributed by atoms with Crippen molar-refractivity contribution in [2.24, 2.45) is 0 Å². The Hall–Kier alpha value is -1.55. The molecule has 0 fully saturated rings. The summed E-state index contributed by atoms with van der Waals surface area (Å²) in [5, 5.41) is 11.2. The van der Waals surface area contributed by atoms with Gasteiger partial charge in [0.25, 0.3) is 5.91 Å². The van der Waals surface area contributed by atoms with Crippen LogP contribution in [-0.2, 0) is 10.7 Å². The van der Waals surface area contributed by atoms with Crippen molar-refractivity contribution < 1.29 is 14.7 Å². The van der Waals surface area contributed by atoms with Crippen LogP contribution in [0.25, 0.3) is 0 Å². The number of halogens is 1. The summed E-state index contributed by atoms with van der Waals surface area (Å²) < 4.78 is 0. The monoisotopic (exact) mass is 269 g/mol. The Morgan fingerprint density at radius 2 is 2.06 bits per heavy atom. The van der Waals surface area contributed by atoms with Gasteiger partial charge in [0.2, 0.25) is 0 Å². The lowest BCUT2D eigenvalue weighted by molar-refractivity contribution is -0.137. The molecule has 0 aromatic heterocycles. The molecule has 0 spiro atoms. The standard InChI is InChI=1S/C13H16ClNO3/c14-9-10-4-3-5-11(8-10)13(18)15-7-2-1-6-12(16)17/h3-5,8H,1-2,6-7,9H2,(H,15,18)(H,16,17). The van der Waals surface area contributed by atoms with E-state index in [2.05, 4.69) is 5.32 Å². The third kappa shape index (κ3) is 5.19. The number of carbonyl (C=O) groups excluding carboxylic acids is 1. The summed E-state index contributed by atoms with van der Waals surface area (Å²) in [7, 11) is 0. The van der Waals surface area contributed by atoms with E-state index in [1.54, 1.807) is 18.2 Å². The van der Waals surface area contributed by atoms with Gasteiger partial charge >= 0.3 is 5.97 Å². The van der Waals surface area contributed by atoms with Crippen molar-refractivity contribution in [3.63, 3.8) is 0 Å². The molecule has 1 amide bonds. The highest BCUT2D eigenvalue weighted by molar-refractivity contribution is 6.17. The maximum atomic E-state index is 11.7. The largest absolute Gasteiger partial charge is 0.481 e. The van der Waals surface area contributed by atoms with Gasteiger partial charge in [0, 0.05) is 24.4 Å². The quantitative estimate of drug-likeness (QED) is 0.590. The van der Waals surface area contributed by atoms with E-state index in [0.717, 1.165) is 5.56 Å². The van der Waals surface area contributed by atoms with Crippen LogP contribution in [0.3, 0.4) is 0 Å². The third-order valence-electron chi connectivity index (χ3n) is 2.45. The lowest BCUT2D eigenvalue weighted by atomic mass is 10.1. The highest BCUT2D eigenvalue weighted by Crippen LogP contribution is 2.07. The highest BCUT2D eigenvalue weighted by Gasteiger charge is 2.05. The van der Waals surface area contributed by atoms with Crippen LogP contribution in [0.15, 0.2) is 24.3 Å². The molecule has 2 N–H and O–H groups in total. The fourth-order valence-electron chi connectivity index (χ4n) is 1.50. The molecule has 1 rings (SSSR count). The first-order valence-electron chi connectivity index (χ1n) is 5.78. The fraction of sp³-hybridized carbons (Fsp3) is 0.385. The first kappa shape index (κ1) is 14.5. The van der Waals surface area contributed by atoms with Gasteiger partial charge in [0.05, 0.1) is 0 Å². The number of unbranched alkanes of at least 4 members (excludes halogenated alkanes) is 1. The Labute approximate surface area is 111 Å². The molecule has 0 aliphatic carbocycles. The van der Waals surface area contributed by atoms with Gasteiger partial charge < -0.3 is 10.4 Å². The topological polar surface area (TPSA) is 66.4 Å². The highest BCUT2D eigenvalue weighted by atomic mass is 35.5. The Balaban J connectivity index is 2.33. The van der Waals surface area contributed by atoms with E-state index >= 15 is 0 Å². The number of rotatable bonds is 7. The van der Waals surface area contributed by atoms with Crippen LogP contribution in [-0.4, -0.2) is 23.5 Å². The predicted octanol–water partition coefficient (Wildman–Crippen LogP) is 2.41.